The van der Waals surface area contributed by atoms with E-state index in [0.717, 1.165) is 15.6 Å². The highest BCUT2D eigenvalue weighted by Gasteiger charge is 2.14. The van der Waals surface area contributed by atoms with Gasteiger partial charge in [0, 0.05) is 0 Å². The quantitative estimate of drug-likeness (QED) is 0.324. The molecule has 0 radical (unpaired) electrons. The Labute approximate surface area is 199 Å². The largest absolute Gasteiger partial charge is 0.483 e. The van der Waals surface area contributed by atoms with E-state index < -0.39 is 0 Å². The first-order valence-corrected chi connectivity index (χ1v) is 11.1. The molecule has 4 rings (SSSR count). The molecular weight excluding hydrogens is 484 g/mol. The summed E-state index contributed by atoms with van der Waals surface area (Å²) in [5.74, 6) is 0.499. The number of amides is 2. The Morgan fingerprint density at radius 3 is 2.42 bits per heavy atom. The van der Waals surface area contributed by atoms with E-state index in [1.807, 2.05) is 48.5 Å². The van der Waals surface area contributed by atoms with Gasteiger partial charge in [0.1, 0.15) is 11.5 Å². The fraction of sp³-hybridized carbons (Fsp3) is 0.0769. The standard InChI is InChI=1S/C26H21BrN2O4/c27-22-15-19(18-7-2-1-3-8-18)12-13-24(22)33-17-25(30)29-23-11-5-4-10-21(23)26(31)28-16-20-9-6-14-32-20/h1-15H,16-17H2,(H,28,31)(H,29,30). The SMILES string of the molecule is O=C(COc1ccc(-c2ccccc2)cc1Br)Nc1ccccc1C(=O)NCc1ccco1. The molecule has 0 aliphatic rings. The lowest BCUT2D eigenvalue weighted by Gasteiger charge is -2.13. The lowest BCUT2D eigenvalue weighted by Crippen LogP contribution is -2.26. The zero-order valence-corrected chi connectivity index (χ0v) is 19.2. The minimum Gasteiger partial charge on any atom is -0.483 e. The van der Waals surface area contributed by atoms with E-state index in [-0.39, 0.29) is 25.0 Å². The van der Waals surface area contributed by atoms with Crippen molar-refractivity contribution in [2.24, 2.45) is 0 Å². The predicted octanol–water partition coefficient (Wildman–Crippen LogP) is 5.66. The molecule has 0 unspecified atom stereocenters. The summed E-state index contributed by atoms with van der Waals surface area (Å²) in [7, 11) is 0. The molecule has 7 heteroatoms. The zero-order valence-electron chi connectivity index (χ0n) is 17.6. The number of carbonyl (C=O) groups excluding carboxylic acids is 2. The number of anilines is 1. The molecule has 0 fully saturated rings. The molecule has 0 aliphatic heterocycles. The predicted molar refractivity (Wildman–Crippen MR) is 130 cm³/mol. The number of hydrogen-bond donors (Lipinski definition) is 2. The van der Waals surface area contributed by atoms with Crippen molar-refractivity contribution in [2.75, 3.05) is 11.9 Å². The van der Waals surface area contributed by atoms with Crippen molar-refractivity contribution < 1.29 is 18.7 Å². The maximum absolute atomic E-state index is 12.6. The average molecular weight is 505 g/mol. The minimum atomic E-state index is -0.375. The van der Waals surface area contributed by atoms with Gasteiger partial charge >= 0.3 is 0 Å². The summed E-state index contributed by atoms with van der Waals surface area (Å²) in [6, 6.07) is 26.0. The second-order valence-electron chi connectivity index (χ2n) is 7.16. The highest BCUT2D eigenvalue weighted by atomic mass is 79.9. The van der Waals surface area contributed by atoms with E-state index >= 15 is 0 Å². The molecule has 0 saturated carbocycles. The van der Waals surface area contributed by atoms with Gasteiger partial charge in [-0.1, -0.05) is 48.5 Å². The van der Waals surface area contributed by atoms with Gasteiger partial charge in [-0.3, -0.25) is 9.59 Å². The molecule has 2 N–H and O–H groups in total. The third kappa shape index (κ3) is 5.90. The van der Waals surface area contributed by atoms with Crippen LogP contribution in [-0.2, 0) is 11.3 Å². The van der Waals surface area contributed by atoms with Crippen LogP contribution < -0.4 is 15.4 Å². The average Bonchev–Trinajstić information content (AvgIpc) is 3.36. The Hall–Kier alpha value is -3.84. The Morgan fingerprint density at radius 2 is 1.67 bits per heavy atom. The van der Waals surface area contributed by atoms with Gasteiger partial charge in [0.25, 0.3) is 11.8 Å². The summed E-state index contributed by atoms with van der Waals surface area (Å²) < 4.78 is 11.7. The zero-order chi connectivity index (χ0) is 23.0. The molecule has 0 saturated heterocycles. The number of nitrogens with one attached hydrogen (secondary N) is 2. The molecular formula is C26H21BrN2O4. The normalized spacial score (nSPS) is 10.5. The summed E-state index contributed by atoms with van der Waals surface area (Å²) in [4.78, 5) is 25.1. The van der Waals surface area contributed by atoms with Crippen LogP contribution in [0.1, 0.15) is 16.1 Å². The van der Waals surface area contributed by atoms with Crippen molar-refractivity contribution in [1.29, 1.82) is 0 Å². The Kier molecular flexibility index (Phi) is 7.22. The first-order chi connectivity index (χ1) is 16.1. The number of benzene rings is 3. The maximum Gasteiger partial charge on any atom is 0.262 e. The molecule has 0 bridgehead atoms. The van der Waals surface area contributed by atoms with E-state index in [4.69, 9.17) is 9.15 Å². The fourth-order valence-electron chi connectivity index (χ4n) is 3.22. The first kappa shape index (κ1) is 22.4. The maximum atomic E-state index is 12.6. The van der Waals surface area contributed by atoms with Crippen molar-refractivity contribution >= 4 is 33.4 Å². The van der Waals surface area contributed by atoms with Crippen molar-refractivity contribution in [3.05, 3.63) is 107 Å². The smallest absolute Gasteiger partial charge is 0.262 e. The lowest BCUT2D eigenvalue weighted by atomic mass is 10.1. The number of carbonyl (C=O) groups is 2. The van der Waals surface area contributed by atoms with Gasteiger partial charge in [0.2, 0.25) is 0 Å². The van der Waals surface area contributed by atoms with Crippen LogP contribution in [0.2, 0.25) is 0 Å². The Balaban J connectivity index is 1.36. The number of halogens is 1. The van der Waals surface area contributed by atoms with Crippen LogP contribution in [0.4, 0.5) is 5.69 Å². The number of ether oxygens (including phenoxy) is 1. The highest BCUT2D eigenvalue weighted by Crippen LogP contribution is 2.30. The second-order valence-corrected chi connectivity index (χ2v) is 8.01. The van der Waals surface area contributed by atoms with Crippen LogP contribution in [0.3, 0.4) is 0 Å². The molecule has 4 aromatic rings. The van der Waals surface area contributed by atoms with E-state index in [9.17, 15) is 9.59 Å². The van der Waals surface area contributed by atoms with Gasteiger partial charge in [-0.25, -0.2) is 0 Å². The Morgan fingerprint density at radius 1 is 0.879 bits per heavy atom. The molecule has 0 atom stereocenters. The molecule has 6 nitrogen and oxygen atoms in total. The summed E-state index contributed by atoms with van der Waals surface area (Å²) in [5, 5.41) is 5.53. The molecule has 166 valence electrons. The number of hydrogen-bond acceptors (Lipinski definition) is 4. The lowest BCUT2D eigenvalue weighted by molar-refractivity contribution is -0.118. The van der Waals surface area contributed by atoms with Gasteiger partial charge in [-0.2, -0.15) is 0 Å². The van der Waals surface area contributed by atoms with Crippen molar-refractivity contribution in [2.45, 2.75) is 6.54 Å². The van der Waals surface area contributed by atoms with Crippen LogP contribution in [-0.4, -0.2) is 18.4 Å². The van der Waals surface area contributed by atoms with Gasteiger partial charge in [-0.15, -0.1) is 0 Å². The molecule has 1 aromatic heterocycles. The van der Waals surface area contributed by atoms with E-state index in [1.165, 1.54) is 0 Å². The number of furan rings is 1. The molecule has 2 amide bonds. The highest BCUT2D eigenvalue weighted by molar-refractivity contribution is 9.10. The molecule has 1 heterocycles. The molecule has 3 aromatic carbocycles. The number of rotatable bonds is 8. The number of para-hydroxylation sites is 1. The third-order valence-electron chi connectivity index (χ3n) is 4.85. The van der Waals surface area contributed by atoms with Gasteiger partial charge in [0.05, 0.1) is 28.5 Å². The summed E-state index contributed by atoms with van der Waals surface area (Å²) in [6.07, 6.45) is 1.54. The fourth-order valence-corrected chi connectivity index (χ4v) is 3.72. The molecule has 0 aliphatic carbocycles. The first-order valence-electron chi connectivity index (χ1n) is 10.3. The van der Waals surface area contributed by atoms with Crippen LogP contribution in [0.15, 0.2) is 100 Å². The molecule has 33 heavy (non-hydrogen) atoms. The van der Waals surface area contributed by atoms with E-state index in [0.29, 0.717) is 22.8 Å². The monoisotopic (exact) mass is 504 g/mol. The molecule has 0 spiro atoms. The topological polar surface area (TPSA) is 80.6 Å². The van der Waals surface area contributed by atoms with Crippen LogP contribution in [0.25, 0.3) is 11.1 Å². The van der Waals surface area contributed by atoms with Crippen molar-refractivity contribution in [1.82, 2.24) is 5.32 Å². The van der Waals surface area contributed by atoms with Gasteiger partial charge in [0.15, 0.2) is 6.61 Å². The minimum absolute atomic E-state index is 0.203. The summed E-state index contributed by atoms with van der Waals surface area (Å²) in [5.41, 5.74) is 2.88. The van der Waals surface area contributed by atoms with Crippen LogP contribution in [0.5, 0.6) is 5.75 Å². The van der Waals surface area contributed by atoms with Crippen molar-refractivity contribution in [3.63, 3.8) is 0 Å². The van der Waals surface area contributed by atoms with Crippen LogP contribution >= 0.6 is 15.9 Å². The van der Waals surface area contributed by atoms with Crippen LogP contribution in [0, 0.1) is 0 Å². The van der Waals surface area contributed by atoms with Gasteiger partial charge < -0.3 is 19.8 Å². The summed E-state index contributed by atoms with van der Waals surface area (Å²) in [6.45, 7) is 0.0514. The summed E-state index contributed by atoms with van der Waals surface area (Å²) >= 11 is 3.51. The van der Waals surface area contributed by atoms with Gasteiger partial charge in [-0.05, 0) is 63.5 Å². The Bertz CT molecular complexity index is 1240. The van der Waals surface area contributed by atoms with Crippen molar-refractivity contribution in [3.8, 4) is 16.9 Å². The third-order valence-corrected chi connectivity index (χ3v) is 5.47. The van der Waals surface area contributed by atoms with E-state index in [2.05, 4.69) is 26.6 Å². The second kappa shape index (κ2) is 10.7. The van der Waals surface area contributed by atoms with E-state index in [1.54, 1.807) is 42.7 Å².